The maximum Gasteiger partial charge on any atom is 1.00 e. The minimum atomic E-state index is -2.02. The summed E-state index contributed by atoms with van der Waals surface area (Å²) in [5, 5.41) is 60.3. The Bertz CT molecular complexity index is 1770. The first-order chi connectivity index (χ1) is 23.4. The molecule has 0 aliphatic carbocycles. The molecule has 13 nitrogen and oxygen atoms in total. The molecule has 0 radical (unpaired) electrons. The Morgan fingerprint density at radius 3 is 2.22 bits per heavy atom. The molecule has 51 heavy (non-hydrogen) atoms. The predicted octanol–water partition coefficient (Wildman–Crippen LogP) is 0.984. The molecule has 0 saturated carbocycles. The molecule has 14 heteroatoms. The molecular formula is C37H46NNaO12. The van der Waals surface area contributed by atoms with Crippen LogP contribution in [0.1, 0.15) is 57.5 Å². The first kappa shape index (κ1) is 41.8. The second-order valence-electron chi connectivity index (χ2n) is 13.4. The second-order valence-corrected chi connectivity index (χ2v) is 13.4. The quantitative estimate of drug-likeness (QED) is 0.168. The zero-order valence-electron chi connectivity index (χ0n) is 30.6. The number of aliphatic hydroxyl groups excluding tert-OH is 2. The van der Waals surface area contributed by atoms with Crippen LogP contribution in [0.15, 0.2) is 42.2 Å². The number of ketones is 1. The molecule has 0 saturated heterocycles. The van der Waals surface area contributed by atoms with E-state index in [-0.39, 0.29) is 68.5 Å². The van der Waals surface area contributed by atoms with Crippen molar-refractivity contribution in [3.63, 3.8) is 0 Å². The van der Waals surface area contributed by atoms with Gasteiger partial charge >= 0.3 is 41.3 Å². The van der Waals surface area contributed by atoms with Crippen LogP contribution >= 0.6 is 0 Å². The third-order valence-electron chi connectivity index (χ3n) is 10.1. The van der Waals surface area contributed by atoms with Gasteiger partial charge in [0.2, 0.25) is 0 Å². The molecule has 272 valence electrons. The van der Waals surface area contributed by atoms with Crippen molar-refractivity contribution in [1.82, 2.24) is 0 Å². The molecule has 0 fully saturated rings. The van der Waals surface area contributed by atoms with Gasteiger partial charge in [-0.15, -0.1) is 0 Å². The summed E-state index contributed by atoms with van der Waals surface area (Å²) in [6, 6.07) is 0.949. The van der Waals surface area contributed by atoms with Gasteiger partial charge in [-0.05, 0) is 43.2 Å². The number of aromatic hydroxyl groups is 2. The summed E-state index contributed by atoms with van der Waals surface area (Å²) in [6.45, 7) is 11.1. The fourth-order valence-corrected chi connectivity index (χ4v) is 6.83. The van der Waals surface area contributed by atoms with Crippen LogP contribution in [0.25, 0.3) is 10.8 Å². The summed E-state index contributed by atoms with van der Waals surface area (Å²) in [6.07, 6.45) is 4.30. The van der Waals surface area contributed by atoms with E-state index in [1.165, 1.54) is 53.4 Å². The number of hydrogen-bond acceptors (Lipinski definition) is 12. The van der Waals surface area contributed by atoms with E-state index in [9.17, 15) is 39.9 Å². The third-order valence-corrected chi connectivity index (χ3v) is 10.1. The van der Waals surface area contributed by atoms with E-state index in [4.69, 9.17) is 18.9 Å². The molecule has 0 unspecified atom stereocenters. The number of nitrogens with one attached hydrogen (secondary N) is 1. The zero-order chi connectivity index (χ0) is 37.4. The molecular weight excluding hydrogens is 673 g/mol. The number of carbonyl (C=O) groups is 3. The van der Waals surface area contributed by atoms with Crippen molar-refractivity contribution < 1.29 is 88.4 Å². The first-order valence-corrected chi connectivity index (χ1v) is 16.3. The maximum absolute atomic E-state index is 13.9. The Morgan fingerprint density at radius 2 is 1.61 bits per heavy atom. The van der Waals surface area contributed by atoms with E-state index in [1.54, 1.807) is 39.8 Å². The standard InChI is InChI=1S/C37H47NO12.Na/c1-16-11-10-12-17(2)35(45)38-22-15-23(39)26-27(32(22)43)31(42)21(6)33-28(26)34(44)37(7,50-33)49-14-13-24(47-8)18(3)25(36(46)48-9)19(4)30(41)20(5)29(16)40;/h10-16,18-20,24-25,29-30,39-43H,1-9H3,(H,38,45);/q;+1/p-1/b11-10?,14-13-,17-12-;/t16-,18+,19-,20-,24+,25+,29-,30-,37+;/m1./s1. The van der Waals surface area contributed by atoms with Crippen LogP contribution in [0, 0.1) is 36.5 Å². The number of aliphatic hydroxyl groups is 2. The molecule has 9 atom stereocenters. The number of anilines is 1. The molecule has 2 aromatic carbocycles. The number of phenolic OH excluding ortho intramolecular Hbond substituents is 2. The van der Waals surface area contributed by atoms with Crippen LogP contribution in [-0.4, -0.2) is 76.4 Å². The summed E-state index contributed by atoms with van der Waals surface area (Å²) in [4.78, 5) is 40.1. The maximum atomic E-state index is 13.9. The number of hydrogen-bond donors (Lipinski definition) is 5. The summed E-state index contributed by atoms with van der Waals surface area (Å²) in [5.74, 6) is -9.54. The van der Waals surface area contributed by atoms with Crippen molar-refractivity contribution in [3.8, 4) is 23.0 Å². The minimum absolute atomic E-state index is 0. The predicted molar refractivity (Wildman–Crippen MR) is 182 cm³/mol. The number of allylic oxidation sites excluding steroid dienone is 2. The largest absolute Gasteiger partial charge is 1.00 e. The van der Waals surface area contributed by atoms with E-state index in [2.05, 4.69) is 5.32 Å². The molecule has 1 amide bonds. The summed E-state index contributed by atoms with van der Waals surface area (Å²) in [5.41, 5.74) is -0.278. The van der Waals surface area contributed by atoms with E-state index >= 15 is 0 Å². The molecule has 0 spiro atoms. The van der Waals surface area contributed by atoms with Crippen molar-refractivity contribution >= 4 is 34.1 Å². The van der Waals surface area contributed by atoms with E-state index in [1.807, 2.05) is 0 Å². The van der Waals surface area contributed by atoms with Gasteiger partial charge in [-0.1, -0.05) is 51.7 Å². The Balaban J connectivity index is 0.00000702. The number of Topliss-reactive ketones (excluding diaryl/α,β-unsaturated/α-hetero) is 1. The second kappa shape index (κ2) is 16.4. The average Bonchev–Trinajstić information content (AvgIpc) is 3.34. The summed E-state index contributed by atoms with van der Waals surface area (Å²) in [7, 11) is 2.65. The Morgan fingerprint density at radius 1 is 0.961 bits per heavy atom. The zero-order valence-corrected chi connectivity index (χ0v) is 32.6. The van der Waals surface area contributed by atoms with Gasteiger partial charge in [0.1, 0.15) is 11.5 Å². The number of carbonyl (C=O) groups excluding carboxylic acids is 3. The van der Waals surface area contributed by atoms with Crippen LogP contribution in [0.4, 0.5) is 5.69 Å². The number of methoxy groups -OCH3 is 2. The van der Waals surface area contributed by atoms with Gasteiger partial charge in [0, 0.05) is 37.0 Å². The van der Waals surface area contributed by atoms with Crippen molar-refractivity contribution in [2.45, 2.75) is 72.6 Å². The summed E-state index contributed by atoms with van der Waals surface area (Å²) < 4.78 is 22.5. The van der Waals surface area contributed by atoms with Gasteiger partial charge in [0.05, 0.1) is 54.2 Å². The smallest absolute Gasteiger partial charge is 0.872 e. The number of ether oxygens (including phenoxy) is 4. The number of benzene rings is 2. The number of phenols is 2. The van der Waals surface area contributed by atoms with Gasteiger partial charge in [-0.3, -0.25) is 14.4 Å². The van der Waals surface area contributed by atoms with Gasteiger partial charge in [0.15, 0.2) is 5.75 Å². The average molecular weight is 720 g/mol. The van der Waals surface area contributed by atoms with Gasteiger partial charge in [0.25, 0.3) is 11.7 Å². The summed E-state index contributed by atoms with van der Waals surface area (Å²) >= 11 is 0. The van der Waals surface area contributed by atoms with Crippen molar-refractivity contribution in [2.75, 3.05) is 19.5 Å². The fourth-order valence-electron chi connectivity index (χ4n) is 6.83. The van der Waals surface area contributed by atoms with Crippen LogP contribution in [-0.2, 0) is 23.8 Å². The van der Waals surface area contributed by atoms with Gasteiger partial charge < -0.3 is 49.8 Å². The number of fused-ring (bicyclic) bond motifs is 14. The molecule has 3 heterocycles. The van der Waals surface area contributed by atoms with Crippen LogP contribution in [0.3, 0.4) is 0 Å². The molecule has 0 aromatic heterocycles. The molecule has 5 bridgehead atoms. The van der Waals surface area contributed by atoms with Crippen LogP contribution in [0.2, 0.25) is 0 Å². The van der Waals surface area contributed by atoms with Crippen LogP contribution < -0.4 is 44.7 Å². The van der Waals surface area contributed by atoms with Crippen LogP contribution in [0.5, 0.6) is 23.0 Å². The molecule has 3 aliphatic rings. The molecule has 3 aliphatic heterocycles. The third kappa shape index (κ3) is 7.79. The minimum Gasteiger partial charge on any atom is -0.872 e. The van der Waals surface area contributed by atoms with Gasteiger partial charge in [-0.25, -0.2) is 0 Å². The molecule has 5 rings (SSSR count). The first-order valence-electron chi connectivity index (χ1n) is 16.3. The number of rotatable bonds is 2. The van der Waals surface area contributed by atoms with Gasteiger partial charge in [-0.2, -0.15) is 0 Å². The normalized spacial score (nSPS) is 31.9. The van der Waals surface area contributed by atoms with E-state index in [0.717, 1.165) is 6.07 Å². The van der Waals surface area contributed by atoms with Crippen molar-refractivity contribution in [3.05, 3.63) is 53.3 Å². The van der Waals surface area contributed by atoms with Crippen molar-refractivity contribution in [2.24, 2.45) is 29.6 Å². The van der Waals surface area contributed by atoms with E-state index in [0.29, 0.717) is 0 Å². The Kier molecular flexibility index (Phi) is 13.4. The monoisotopic (exact) mass is 719 g/mol. The van der Waals surface area contributed by atoms with E-state index < -0.39 is 88.6 Å². The fraction of sp³-hybridized carbons (Fsp3) is 0.486. The topological polar surface area (TPSA) is 204 Å². The molecule has 2 aromatic rings. The number of esters is 1. The number of amides is 1. The van der Waals surface area contributed by atoms with Crippen molar-refractivity contribution in [1.29, 1.82) is 0 Å². The Hall–Kier alpha value is -3.59. The Labute approximate surface area is 319 Å². The SMILES string of the molecule is COC(=O)[C@H]1[C@@H](C)[C@@H](OC)/C=C\O[C@@]2(C)Oc3c(C)c(O)c4c(O)c(cc([O-])c4c3C2=O)NC(=O)/C(C)=C\C=C[C@@H](C)[C@@H](O)[C@@H](C)[C@H](O)[C@@H]1C.[Na+]. The molecule has 5 N–H and O–H groups in total.